The van der Waals surface area contributed by atoms with E-state index in [2.05, 4.69) is 12.1 Å². The van der Waals surface area contributed by atoms with Gasteiger partial charge >= 0.3 is 0 Å². The van der Waals surface area contributed by atoms with Crippen molar-refractivity contribution in [1.29, 1.82) is 0 Å². The second-order valence-corrected chi connectivity index (χ2v) is 8.10. The van der Waals surface area contributed by atoms with E-state index in [0.717, 1.165) is 43.4 Å². The van der Waals surface area contributed by atoms with E-state index < -0.39 is 0 Å². The molecule has 1 N–H and O–H groups in total. The van der Waals surface area contributed by atoms with Crippen molar-refractivity contribution in [1.82, 2.24) is 0 Å². The molecule has 1 aliphatic rings. The Morgan fingerprint density at radius 1 is 0.931 bits per heavy atom. The van der Waals surface area contributed by atoms with Crippen molar-refractivity contribution in [3.63, 3.8) is 0 Å². The molecule has 0 radical (unpaired) electrons. The quantitative estimate of drug-likeness (QED) is 0.546. The summed E-state index contributed by atoms with van der Waals surface area (Å²) in [5.74, 6) is 1.34. The zero-order valence-corrected chi connectivity index (χ0v) is 18.0. The average molecular weight is 397 g/mol. The van der Waals surface area contributed by atoms with Gasteiger partial charge in [-0.05, 0) is 62.3 Å². The molecule has 0 unspecified atom stereocenters. The van der Waals surface area contributed by atoms with Gasteiger partial charge in [-0.25, -0.2) is 0 Å². The van der Waals surface area contributed by atoms with Crippen molar-refractivity contribution >= 4 is 5.78 Å². The van der Waals surface area contributed by atoms with Gasteiger partial charge in [0.05, 0.1) is 13.7 Å². The lowest BCUT2D eigenvalue weighted by Crippen LogP contribution is -2.31. The number of aliphatic hydroxyl groups is 1. The number of carbonyl (C=O) groups is 1. The van der Waals surface area contributed by atoms with Crippen molar-refractivity contribution in [2.24, 2.45) is 5.41 Å². The molecule has 0 aromatic heterocycles. The van der Waals surface area contributed by atoms with Gasteiger partial charge in [0.25, 0.3) is 0 Å². The molecule has 3 heteroatoms. The molecule has 0 saturated heterocycles. The highest BCUT2D eigenvalue weighted by Gasteiger charge is 2.35. The number of hydrogen-bond donors (Lipinski definition) is 1. The van der Waals surface area contributed by atoms with Gasteiger partial charge in [0.1, 0.15) is 11.5 Å². The van der Waals surface area contributed by atoms with E-state index in [9.17, 15) is 4.79 Å². The van der Waals surface area contributed by atoms with Crippen LogP contribution in [0.3, 0.4) is 0 Å². The van der Waals surface area contributed by atoms with Crippen LogP contribution in [0.4, 0.5) is 0 Å². The van der Waals surface area contributed by atoms with Crippen molar-refractivity contribution in [2.45, 2.75) is 71.3 Å². The lowest BCUT2D eigenvalue weighted by molar-refractivity contribution is -0.128. The summed E-state index contributed by atoms with van der Waals surface area (Å²) in [6.45, 7) is 1.94. The predicted octanol–water partition coefficient (Wildman–Crippen LogP) is 6.13. The fraction of sp³-hybridized carbons (Fsp3) is 0.500. The molecule has 0 amide bonds. The SMILES string of the molecule is COc1ccc(CCCCC2(C(C)=O)CCCCC2)cc1.OCc1ccccc1. The van der Waals surface area contributed by atoms with Crippen LogP contribution in [0.2, 0.25) is 0 Å². The topological polar surface area (TPSA) is 46.5 Å². The van der Waals surface area contributed by atoms with Gasteiger partial charge in [-0.2, -0.15) is 0 Å². The number of rotatable bonds is 8. The van der Waals surface area contributed by atoms with Gasteiger partial charge in [0, 0.05) is 5.41 Å². The number of ketones is 1. The number of carbonyl (C=O) groups excluding carboxylic acids is 1. The van der Waals surface area contributed by atoms with Crippen LogP contribution in [-0.4, -0.2) is 18.0 Å². The van der Waals surface area contributed by atoms with E-state index >= 15 is 0 Å². The molecule has 2 aromatic rings. The molecule has 0 heterocycles. The first kappa shape index (κ1) is 23.2. The van der Waals surface area contributed by atoms with Gasteiger partial charge in [-0.15, -0.1) is 0 Å². The van der Waals surface area contributed by atoms with Crippen LogP contribution in [-0.2, 0) is 17.8 Å². The first-order valence-electron chi connectivity index (χ1n) is 10.9. The molecule has 0 spiro atoms. The second kappa shape index (κ2) is 12.4. The fourth-order valence-corrected chi connectivity index (χ4v) is 4.17. The highest BCUT2D eigenvalue weighted by atomic mass is 16.5. The first-order valence-corrected chi connectivity index (χ1v) is 10.9. The third-order valence-electron chi connectivity index (χ3n) is 6.11. The first-order chi connectivity index (χ1) is 14.1. The maximum Gasteiger partial charge on any atom is 0.135 e. The number of ether oxygens (including phenoxy) is 1. The zero-order valence-electron chi connectivity index (χ0n) is 18.0. The van der Waals surface area contributed by atoms with Crippen LogP contribution < -0.4 is 4.74 Å². The number of hydrogen-bond acceptors (Lipinski definition) is 3. The van der Waals surface area contributed by atoms with E-state index in [0.29, 0.717) is 5.78 Å². The smallest absolute Gasteiger partial charge is 0.135 e. The highest BCUT2D eigenvalue weighted by molar-refractivity contribution is 5.82. The molecule has 158 valence electrons. The lowest BCUT2D eigenvalue weighted by Gasteiger charge is -2.35. The van der Waals surface area contributed by atoms with Gasteiger partial charge in [-0.3, -0.25) is 4.79 Å². The largest absolute Gasteiger partial charge is 0.497 e. The second-order valence-electron chi connectivity index (χ2n) is 8.10. The number of benzene rings is 2. The lowest BCUT2D eigenvalue weighted by atomic mass is 9.68. The summed E-state index contributed by atoms with van der Waals surface area (Å²) in [5, 5.41) is 8.54. The van der Waals surface area contributed by atoms with Crippen molar-refractivity contribution < 1.29 is 14.6 Å². The molecule has 1 saturated carbocycles. The summed E-state index contributed by atoms with van der Waals surface area (Å²) >= 11 is 0. The molecule has 0 atom stereocenters. The van der Waals surface area contributed by atoms with Crippen LogP contribution in [0, 0.1) is 5.41 Å². The summed E-state index contributed by atoms with van der Waals surface area (Å²) in [7, 11) is 1.69. The number of aliphatic hydroxyl groups excluding tert-OH is 1. The summed E-state index contributed by atoms with van der Waals surface area (Å²) in [6, 6.07) is 17.8. The number of Topliss-reactive ketones (excluding diaryl/α,β-unsaturated/α-hetero) is 1. The molecular formula is C26H36O3. The Morgan fingerprint density at radius 2 is 1.59 bits per heavy atom. The molecule has 2 aromatic carbocycles. The van der Waals surface area contributed by atoms with Gasteiger partial charge in [0.15, 0.2) is 0 Å². The predicted molar refractivity (Wildman–Crippen MR) is 119 cm³/mol. The molecule has 3 rings (SSSR count). The third-order valence-corrected chi connectivity index (χ3v) is 6.11. The van der Waals surface area contributed by atoms with Crippen molar-refractivity contribution in [3.8, 4) is 5.75 Å². The molecule has 0 aliphatic heterocycles. The van der Waals surface area contributed by atoms with Crippen LogP contribution in [0.1, 0.15) is 69.4 Å². The number of methoxy groups -OCH3 is 1. The summed E-state index contributed by atoms with van der Waals surface area (Å²) in [5.41, 5.74) is 2.34. The number of unbranched alkanes of at least 4 members (excludes halogenated alkanes) is 1. The Hall–Kier alpha value is -2.13. The van der Waals surface area contributed by atoms with E-state index in [4.69, 9.17) is 9.84 Å². The maximum absolute atomic E-state index is 12.0. The molecule has 29 heavy (non-hydrogen) atoms. The Labute approximate surface area is 176 Å². The Balaban J connectivity index is 0.000000313. The monoisotopic (exact) mass is 396 g/mol. The van der Waals surface area contributed by atoms with Gasteiger partial charge < -0.3 is 9.84 Å². The minimum atomic E-state index is 0.0121. The van der Waals surface area contributed by atoms with Crippen LogP contribution >= 0.6 is 0 Å². The molecule has 3 nitrogen and oxygen atoms in total. The van der Waals surface area contributed by atoms with E-state index in [-0.39, 0.29) is 12.0 Å². The van der Waals surface area contributed by atoms with E-state index in [1.807, 2.05) is 42.5 Å². The van der Waals surface area contributed by atoms with E-state index in [1.54, 1.807) is 14.0 Å². The Bertz CT molecular complexity index is 700. The normalized spacial score (nSPS) is 15.1. The van der Waals surface area contributed by atoms with Crippen LogP contribution in [0.15, 0.2) is 54.6 Å². The Kier molecular flexibility index (Phi) is 9.93. The zero-order chi connectivity index (χ0) is 21.0. The standard InChI is InChI=1S/C19H28O2.C7H8O/c1-16(20)19(13-5-3-6-14-19)15-7-4-8-17-9-11-18(21-2)12-10-17;8-6-7-4-2-1-3-5-7/h9-12H,3-8,13-15H2,1-2H3;1-5,8H,6H2. The molecular weight excluding hydrogens is 360 g/mol. The summed E-state index contributed by atoms with van der Waals surface area (Å²) in [4.78, 5) is 12.0. The minimum Gasteiger partial charge on any atom is -0.497 e. The highest BCUT2D eigenvalue weighted by Crippen LogP contribution is 2.41. The van der Waals surface area contributed by atoms with Crippen LogP contribution in [0.25, 0.3) is 0 Å². The molecule has 1 fully saturated rings. The van der Waals surface area contributed by atoms with Crippen molar-refractivity contribution in [2.75, 3.05) is 7.11 Å². The average Bonchev–Trinajstić information content (AvgIpc) is 2.78. The Morgan fingerprint density at radius 3 is 2.10 bits per heavy atom. The summed E-state index contributed by atoms with van der Waals surface area (Å²) in [6.07, 6.45) is 10.5. The van der Waals surface area contributed by atoms with Crippen molar-refractivity contribution in [3.05, 3.63) is 65.7 Å². The van der Waals surface area contributed by atoms with E-state index in [1.165, 1.54) is 31.2 Å². The maximum atomic E-state index is 12.0. The summed E-state index contributed by atoms with van der Waals surface area (Å²) < 4.78 is 5.18. The minimum absolute atomic E-state index is 0.0121. The molecule has 0 bridgehead atoms. The fourth-order valence-electron chi connectivity index (χ4n) is 4.17. The number of aryl methyl sites for hydroxylation is 1. The van der Waals surface area contributed by atoms with Crippen LogP contribution in [0.5, 0.6) is 5.75 Å². The molecule has 1 aliphatic carbocycles. The van der Waals surface area contributed by atoms with Gasteiger partial charge in [0.2, 0.25) is 0 Å². The van der Waals surface area contributed by atoms with Gasteiger partial charge in [-0.1, -0.05) is 68.1 Å². The third kappa shape index (κ3) is 7.66.